The first kappa shape index (κ1) is 12.7. The van der Waals surface area contributed by atoms with Crippen LogP contribution >= 0.6 is 23.4 Å². The van der Waals surface area contributed by atoms with E-state index in [1.807, 2.05) is 24.3 Å². The largest absolute Gasteiger partial charge is 0.339 e. The lowest BCUT2D eigenvalue weighted by atomic mass is 10.1. The van der Waals surface area contributed by atoms with E-state index < -0.39 is 0 Å². The number of carbonyl (C=O) groups is 1. The number of Topliss-reactive ketones (excluding diaryl/α,β-unsaturated/α-hetero) is 1. The van der Waals surface area contributed by atoms with Crippen LogP contribution in [-0.2, 0) is 11.2 Å². The molecule has 2 aromatic rings. The zero-order chi connectivity index (χ0) is 13.2. The van der Waals surface area contributed by atoms with Crippen molar-refractivity contribution in [2.75, 3.05) is 11.5 Å². The molecule has 3 rings (SSSR count). The average molecular weight is 295 g/mol. The van der Waals surface area contributed by atoms with Gasteiger partial charge in [-0.05, 0) is 17.7 Å². The molecule has 1 aliphatic heterocycles. The van der Waals surface area contributed by atoms with Crippen LogP contribution in [0.4, 0.5) is 0 Å². The summed E-state index contributed by atoms with van der Waals surface area (Å²) in [5.74, 6) is 2.27. The molecule has 0 amide bonds. The molecule has 0 bridgehead atoms. The lowest BCUT2D eigenvalue weighted by molar-refractivity contribution is -0.117. The lowest BCUT2D eigenvalue weighted by Gasteiger charge is -1.98. The van der Waals surface area contributed by atoms with Gasteiger partial charge in [0.2, 0.25) is 5.89 Å². The van der Waals surface area contributed by atoms with Crippen LogP contribution in [0.2, 0.25) is 5.02 Å². The van der Waals surface area contributed by atoms with Crippen LogP contribution in [0, 0.1) is 0 Å². The molecular weight excluding hydrogens is 284 g/mol. The highest BCUT2D eigenvalue weighted by Crippen LogP contribution is 2.28. The van der Waals surface area contributed by atoms with E-state index in [9.17, 15) is 4.79 Å². The molecule has 1 unspecified atom stereocenters. The number of thioether (sulfide) groups is 1. The van der Waals surface area contributed by atoms with Crippen molar-refractivity contribution in [3.63, 3.8) is 0 Å². The number of hydrogen-bond donors (Lipinski definition) is 0. The third kappa shape index (κ3) is 2.82. The molecule has 1 fully saturated rings. The van der Waals surface area contributed by atoms with Gasteiger partial charge in [-0.3, -0.25) is 4.79 Å². The van der Waals surface area contributed by atoms with Crippen LogP contribution in [-0.4, -0.2) is 27.4 Å². The predicted octanol–water partition coefficient (Wildman–Crippen LogP) is 2.71. The molecule has 1 atom stereocenters. The smallest absolute Gasteiger partial charge is 0.238 e. The highest BCUT2D eigenvalue weighted by atomic mass is 35.5. The van der Waals surface area contributed by atoms with Crippen LogP contribution in [0.25, 0.3) is 0 Å². The minimum absolute atomic E-state index is 0.173. The van der Waals surface area contributed by atoms with Gasteiger partial charge in [-0.2, -0.15) is 16.7 Å². The monoisotopic (exact) mass is 294 g/mol. The van der Waals surface area contributed by atoms with Gasteiger partial charge in [-0.1, -0.05) is 28.9 Å². The Hall–Kier alpha value is -1.33. The first-order valence-electron chi connectivity index (χ1n) is 5.90. The van der Waals surface area contributed by atoms with Crippen molar-refractivity contribution >= 4 is 29.1 Å². The molecule has 4 nitrogen and oxygen atoms in total. The highest BCUT2D eigenvalue weighted by Gasteiger charge is 2.31. The molecule has 19 heavy (non-hydrogen) atoms. The van der Waals surface area contributed by atoms with E-state index in [1.54, 1.807) is 11.8 Å². The number of halogens is 1. The zero-order valence-electron chi connectivity index (χ0n) is 10.0. The van der Waals surface area contributed by atoms with Crippen LogP contribution in [0.15, 0.2) is 28.8 Å². The molecule has 0 radical (unpaired) electrons. The van der Waals surface area contributed by atoms with Crippen molar-refractivity contribution in [3.8, 4) is 0 Å². The quantitative estimate of drug-likeness (QED) is 0.871. The Morgan fingerprint density at radius 3 is 2.84 bits per heavy atom. The van der Waals surface area contributed by atoms with Crippen LogP contribution in [0.3, 0.4) is 0 Å². The summed E-state index contributed by atoms with van der Waals surface area (Å²) in [6, 6.07) is 7.51. The highest BCUT2D eigenvalue weighted by molar-refractivity contribution is 8.00. The maximum absolute atomic E-state index is 11.6. The third-order valence-corrected chi connectivity index (χ3v) is 4.28. The van der Waals surface area contributed by atoms with Crippen molar-refractivity contribution in [1.29, 1.82) is 0 Å². The van der Waals surface area contributed by atoms with Gasteiger partial charge in [0.05, 0.1) is 5.75 Å². The minimum Gasteiger partial charge on any atom is -0.339 e. The molecule has 1 saturated heterocycles. The number of ketones is 1. The standard InChI is InChI=1S/C13H11ClN2O2S/c14-9-3-1-8(2-4-9)5-12-15-13(18-16-12)10-6-19-7-11(10)17/h1-4,10H,5-7H2. The summed E-state index contributed by atoms with van der Waals surface area (Å²) >= 11 is 7.44. The number of rotatable bonds is 3. The summed E-state index contributed by atoms with van der Waals surface area (Å²) < 4.78 is 5.19. The molecular formula is C13H11ClN2O2S. The van der Waals surface area contributed by atoms with Crippen molar-refractivity contribution in [1.82, 2.24) is 10.1 Å². The molecule has 0 aliphatic carbocycles. The van der Waals surface area contributed by atoms with Crippen LogP contribution in [0.1, 0.15) is 23.2 Å². The molecule has 1 aliphatic rings. The molecule has 2 heterocycles. The second kappa shape index (κ2) is 5.35. The van der Waals surface area contributed by atoms with Crippen LogP contribution < -0.4 is 0 Å². The summed E-state index contributed by atoms with van der Waals surface area (Å²) in [5, 5.41) is 4.63. The number of nitrogens with zero attached hydrogens (tertiary/aromatic N) is 2. The summed E-state index contributed by atoms with van der Waals surface area (Å²) in [7, 11) is 0. The molecule has 1 aromatic heterocycles. The summed E-state index contributed by atoms with van der Waals surface area (Å²) in [4.78, 5) is 15.9. The summed E-state index contributed by atoms with van der Waals surface area (Å²) in [6.07, 6.45) is 0.578. The number of benzene rings is 1. The number of hydrogen-bond acceptors (Lipinski definition) is 5. The molecule has 0 saturated carbocycles. The SMILES string of the molecule is O=C1CSCC1c1nc(Cc2ccc(Cl)cc2)no1. The maximum atomic E-state index is 11.6. The van der Waals surface area contributed by atoms with Gasteiger partial charge in [0.1, 0.15) is 5.92 Å². The average Bonchev–Trinajstić information content (AvgIpc) is 3.01. The van der Waals surface area contributed by atoms with Gasteiger partial charge in [0.25, 0.3) is 0 Å². The van der Waals surface area contributed by atoms with E-state index in [0.29, 0.717) is 28.9 Å². The summed E-state index contributed by atoms with van der Waals surface area (Å²) in [6.45, 7) is 0. The fraction of sp³-hybridized carbons (Fsp3) is 0.308. The Morgan fingerprint density at radius 1 is 1.37 bits per heavy atom. The Kier molecular flexibility index (Phi) is 3.57. The first-order valence-corrected chi connectivity index (χ1v) is 7.43. The molecule has 98 valence electrons. The topological polar surface area (TPSA) is 56.0 Å². The second-order valence-electron chi connectivity index (χ2n) is 4.39. The van der Waals surface area contributed by atoms with Gasteiger partial charge in [0.15, 0.2) is 11.6 Å². The third-order valence-electron chi connectivity index (χ3n) is 2.97. The van der Waals surface area contributed by atoms with Gasteiger partial charge >= 0.3 is 0 Å². The minimum atomic E-state index is -0.225. The maximum Gasteiger partial charge on any atom is 0.238 e. The predicted molar refractivity (Wildman–Crippen MR) is 73.6 cm³/mol. The Morgan fingerprint density at radius 2 is 2.16 bits per heavy atom. The molecule has 1 aromatic carbocycles. The van der Waals surface area contributed by atoms with Gasteiger partial charge in [-0.25, -0.2) is 0 Å². The molecule has 0 N–H and O–H groups in total. The number of carbonyl (C=O) groups excluding carboxylic acids is 1. The normalized spacial score (nSPS) is 19.0. The Labute approximate surface area is 119 Å². The number of aromatic nitrogens is 2. The molecule has 6 heteroatoms. The van der Waals surface area contributed by atoms with E-state index in [1.165, 1.54) is 0 Å². The van der Waals surface area contributed by atoms with Crippen molar-refractivity contribution in [2.45, 2.75) is 12.3 Å². The van der Waals surface area contributed by atoms with Gasteiger partial charge in [-0.15, -0.1) is 0 Å². The van der Waals surface area contributed by atoms with Gasteiger partial charge in [0, 0.05) is 17.2 Å². The van der Waals surface area contributed by atoms with Gasteiger partial charge < -0.3 is 4.52 Å². The summed E-state index contributed by atoms with van der Waals surface area (Å²) in [5.41, 5.74) is 1.06. The van der Waals surface area contributed by atoms with Crippen molar-refractivity contribution in [3.05, 3.63) is 46.6 Å². The lowest BCUT2D eigenvalue weighted by Crippen LogP contribution is -2.09. The zero-order valence-corrected chi connectivity index (χ0v) is 11.6. The van der Waals surface area contributed by atoms with Crippen molar-refractivity contribution < 1.29 is 9.32 Å². The fourth-order valence-electron chi connectivity index (χ4n) is 1.95. The Balaban J connectivity index is 1.74. The first-order chi connectivity index (χ1) is 9.22. The van der Waals surface area contributed by atoms with E-state index in [4.69, 9.17) is 16.1 Å². The van der Waals surface area contributed by atoms with E-state index in [-0.39, 0.29) is 11.7 Å². The second-order valence-corrected chi connectivity index (χ2v) is 5.85. The Bertz CT molecular complexity index is 597. The van der Waals surface area contributed by atoms with Crippen LogP contribution in [0.5, 0.6) is 0 Å². The van der Waals surface area contributed by atoms with E-state index >= 15 is 0 Å². The molecule has 0 spiro atoms. The van der Waals surface area contributed by atoms with E-state index in [0.717, 1.165) is 11.3 Å². The van der Waals surface area contributed by atoms with E-state index in [2.05, 4.69) is 10.1 Å². The fourth-order valence-corrected chi connectivity index (χ4v) is 3.16. The van der Waals surface area contributed by atoms with Crippen molar-refractivity contribution in [2.24, 2.45) is 0 Å².